The van der Waals surface area contributed by atoms with Crippen molar-refractivity contribution in [1.29, 1.82) is 0 Å². The minimum absolute atomic E-state index is 0.454. The Morgan fingerprint density at radius 2 is 1.92 bits per heavy atom. The predicted octanol–water partition coefficient (Wildman–Crippen LogP) is 5.99. The lowest BCUT2D eigenvalue weighted by atomic mass is 9.76. The van der Waals surface area contributed by atoms with Crippen LogP contribution in [0.5, 0.6) is 0 Å². The average Bonchev–Trinajstić information content (AvgIpc) is 3.15. The molecule has 0 N–H and O–H groups in total. The molecule has 26 heavy (non-hydrogen) atoms. The number of aryl methyl sites for hydroxylation is 1. The molecule has 3 heterocycles. The third-order valence-corrected chi connectivity index (χ3v) is 7.87. The van der Waals surface area contributed by atoms with Crippen LogP contribution in [0, 0.1) is 6.92 Å². The summed E-state index contributed by atoms with van der Waals surface area (Å²) in [5, 5.41) is 2.03. The molecule has 134 valence electrons. The highest BCUT2D eigenvalue weighted by Crippen LogP contribution is 2.52. The second-order valence-electron chi connectivity index (χ2n) is 7.88. The van der Waals surface area contributed by atoms with Gasteiger partial charge in [-0.15, -0.1) is 11.3 Å². The Balaban J connectivity index is 1.63. The van der Waals surface area contributed by atoms with Crippen molar-refractivity contribution >= 4 is 33.2 Å². The van der Waals surface area contributed by atoms with Gasteiger partial charge >= 0.3 is 0 Å². The molecule has 2 aromatic carbocycles. The Hall–Kier alpha value is -1.42. The van der Waals surface area contributed by atoms with Gasteiger partial charge in [0.25, 0.3) is 0 Å². The summed E-state index contributed by atoms with van der Waals surface area (Å²) in [6.45, 7) is 2.16. The van der Waals surface area contributed by atoms with Crippen molar-refractivity contribution in [1.82, 2.24) is 9.88 Å². The summed E-state index contributed by atoms with van der Waals surface area (Å²) in [7, 11) is 2.31. The first-order valence-electron chi connectivity index (χ1n) is 9.45. The van der Waals surface area contributed by atoms with E-state index in [2.05, 4.69) is 49.2 Å². The molecular weight excluding hydrogens is 360 g/mol. The van der Waals surface area contributed by atoms with Gasteiger partial charge in [-0.05, 0) is 56.8 Å². The lowest BCUT2D eigenvalue weighted by molar-refractivity contribution is 0.137. The Morgan fingerprint density at radius 3 is 2.69 bits per heavy atom. The third-order valence-electron chi connectivity index (χ3n) is 6.45. The molecule has 0 amide bonds. The number of hydrogen-bond acceptors (Lipinski definition) is 3. The summed E-state index contributed by atoms with van der Waals surface area (Å²) in [5.74, 6) is 0.999. The number of fused-ring (bicyclic) bond motifs is 3. The molecule has 2 fully saturated rings. The first kappa shape index (κ1) is 16.7. The molecule has 2 nitrogen and oxygen atoms in total. The molecule has 3 aromatic rings. The number of para-hydroxylation sites is 1. The quantitative estimate of drug-likeness (QED) is 0.541. The van der Waals surface area contributed by atoms with Crippen LogP contribution >= 0.6 is 22.9 Å². The smallest absolute Gasteiger partial charge is 0.100 e. The zero-order chi connectivity index (χ0) is 17.8. The van der Waals surface area contributed by atoms with Crippen molar-refractivity contribution in [3.8, 4) is 0 Å². The second-order valence-corrected chi connectivity index (χ2v) is 9.35. The van der Waals surface area contributed by atoms with E-state index >= 15 is 0 Å². The predicted molar refractivity (Wildman–Crippen MR) is 110 cm³/mol. The summed E-state index contributed by atoms with van der Waals surface area (Å²) < 4.78 is 1.21. The van der Waals surface area contributed by atoms with Gasteiger partial charge in [0.2, 0.25) is 0 Å². The lowest BCUT2D eigenvalue weighted by Crippen LogP contribution is -2.44. The number of thiazole rings is 1. The molecule has 4 atom stereocenters. The maximum Gasteiger partial charge on any atom is 0.100 e. The Morgan fingerprint density at radius 1 is 1.12 bits per heavy atom. The first-order chi connectivity index (χ1) is 12.6. The van der Waals surface area contributed by atoms with Crippen molar-refractivity contribution in [2.75, 3.05) is 7.05 Å². The second kappa shape index (κ2) is 6.33. The number of aromatic nitrogens is 1. The van der Waals surface area contributed by atoms with Crippen LogP contribution in [0.3, 0.4) is 0 Å². The van der Waals surface area contributed by atoms with Crippen LogP contribution in [0.1, 0.15) is 47.2 Å². The fourth-order valence-corrected chi connectivity index (χ4v) is 6.53. The topological polar surface area (TPSA) is 16.1 Å². The van der Waals surface area contributed by atoms with E-state index in [1.54, 1.807) is 0 Å². The van der Waals surface area contributed by atoms with Crippen LogP contribution in [0.25, 0.3) is 10.2 Å². The number of likely N-dealkylation sites (N-methyl/N-ethyl adjacent to an activating group) is 1. The highest BCUT2D eigenvalue weighted by molar-refractivity contribution is 7.18. The summed E-state index contributed by atoms with van der Waals surface area (Å²) in [5.41, 5.74) is 3.77. The molecule has 0 aliphatic carbocycles. The van der Waals surface area contributed by atoms with E-state index in [1.165, 1.54) is 40.1 Å². The van der Waals surface area contributed by atoms with E-state index in [4.69, 9.17) is 16.6 Å². The fourth-order valence-electron chi connectivity index (χ4n) is 5.03. The van der Waals surface area contributed by atoms with E-state index in [9.17, 15) is 0 Å². The largest absolute Gasteiger partial charge is 0.300 e. The molecule has 2 aliphatic heterocycles. The normalized spacial score (nSPS) is 28.7. The third kappa shape index (κ3) is 2.60. The SMILES string of the molecule is Cc1ccc([C@H]2C[C@H]3CCC([C@H]2c2nc4c(Cl)cccc4s2)N3C)cc1. The van der Waals surface area contributed by atoms with Crippen LogP contribution in [-0.2, 0) is 0 Å². The van der Waals surface area contributed by atoms with Gasteiger partial charge in [0.05, 0.1) is 14.7 Å². The molecule has 2 aliphatic rings. The van der Waals surface area contributed by atoms with Gasteiger partial charge < -0.3 is 0 Å². The van der Waals surface area contributed by atoms with Gasteiger partial charge in [0, 0.05) is 18.0 Å². The van der Waals surface area contributed by atoms with Crippen molar-refractivity contribution in [2.24, 2.45) is 0 Å². The number of nitrogens with zero attached hydrogens (tertiary/aromatic N) is 2. The average molecular weight is 383 g/mol. The molecular formula is C22H23ClN2S. The van der Waals surface area contributed by atoms with Crippen LogP contribution in [0.2, 0.25) is 5.02 Å². The standard InChI is InChI=1S/C22H23ClN2S/c1-13-6-8-14(9-7-13)16-12-15-10-11-18(25(15)2)20(16)22-24-21-17(23)4-3-5-19(21)26-22/h3-9,15-16,18,20H,10-12H2,1-2H3/t15-,16-,18?,20+/m1/s1. The lowest BCUT2D eigenvalue weighted by Gasteiger charge is -2.42. The van der Waals surface area contributed by atoms with Crippen molar-refractivity contribution in [3.63, 3.8) is 0 Å². The zero-order valence-corrected chi connectivity index (χ0v) is 16.7. The van der Waals surface area contributed by atoms with Gasteiger partial charge in [-0.3, -0.25) is 4.90 Å². The highest BCUT2D eigenvalue weighted by Gasteiger charge is 2.47. The van der Waals surface area contributed by atoms with E-state index < -0.39 is 0 Å². The van der Waals surface area contributed by atoms with Gasteiger partial charge in [-0.25, -0.2) is 4.98 Å². The molecule has 0 radical (unpaired) electrons. The first-order valence-corrected chi connectivity index (χ1v) is 10.6. The van der Waals surface area contributed by atoms with Gasteiger partial charge in [0.15, 0.2) is 0 Å². The number of hydrogen-bond donors (Lipinski definition) is 0. The fraction of sp³-hybridized carbons (Fsp3) is 0.409. The zero-order valence-electron chi connectivity index (χ0n) is 15.2. The molecule has 1 unspecified atom stereocenters. The number of halogens is 1. The molecule has 5 rings (SSSR count). The van der Waals surface area contributed by atoms with Gasteiger partial charge in [-0.2, -0.15) is 0 Å². The maximum atomic E-state index is 6.42. The molecule has 2 bridgehead atoms. The molecule has 0 saturated carbocycles. The monoisotopic (exact) mass is 382 g/mol. The maximum absolute atomic E-state index is 6.42. The van der Waals surface area contributed by atoms with Crippen LogP contribution in [0.4, 0.5) is 0 Å². The van der Waals surface area contributed by atoms with Crippen LogP contribution < -0.4 is 0 Å². The van der Waals surface area contributed by atoms with Gasteiger partial charge in [0.1, 0.15) is 5.52 Å². The Kier molecular flexibility index (Phi) is 4.07. The van der Waals surface area contributed by atoms with E-state index in [-0.39, 0.29) is 0 Å². The van der Waals surface area contributed by atoms with E-state index in [0.717, 1.165) is 10.5 Å². The number of rotatable bonds is 2. The van der Waals surface area contributed by atoms with E-state index in [0.29, 0.717) is 23.9 Å². The summed E-state index contributed by atoms with van der Waals surface area (Å²) >= 11 is 8.26. The van der Waals surface area contributed by atoms with Crippen molar-refractivity contribution in [2.45, 2.75) is 50.1 Å². The molecule has 2 saturated heterocycles. The molecule has 1 aromatic heterocycles. The minimum Gasteiger partial charge on any atom is -0.300 e. The summed E-state index contributed by atoms with van der Waals surface area (Å²) in [4.78, 5) is 7.65. The Bertz CT molecular complexity index is 948. The summed E-state index contributed by atoms with van der Waals surface area (Å²) in [6, 6.07) is 16.6. The van der Waals surface area contributed by atoms with E-state index in [1.807, 2.05) is 23.5 Å². The number of piperidine rings is 1. The van der Waals surface area contributed by atoms with Crippen molar-refractivity contribution in [3.05, 3.63) is 63.6 Å². The molecule has 0 spiro atoms. The van der Waals surface area contributed by atoms with Crippen LogP contribution in [-0.4, -0.2) is 29.0 Å². The number of benzene rings is 2. The van der Waals surface area contributed by atoms with Gasteiger partial charge in [-0.1, -0.05) is 47.5 Å². The van der Waals surface area contributed by atoms with Crippen molar-refractivity contribution < 1.29 is 0 Å². The Labute approximate surface area is 163 Å². The highest BCUT2D eigenvalue weighted by atomic mass is 35.5. The molecule has 4 heteroatoms. The van der Waals surface area contributed by atoms with Crippen LogP contribution in [0.15, 0.2) is 42.5 Å². The summed E-state index contributed by atoms with van der Waals surface area (Å²) in [6.07, 6.45) is 3.81. The minimum atomic E-state index is 0.454.